The summed E-state index contributed by atoms with van der Waals surface area (Å²) in [5.74, 6) is 0.314. The summed E-state index contributed by atoms with van der Waals surface area (Å²) >= 11 is 0. The number of aromatic nitrogens is 2. The van der Waals surface area contributed by atoms with Gasteiger partial charge in [0.15, 0.2) is 11.6 Å². The van der Waals surface area contributed by atoms with Crippen LogP contribution in [0.1, 0.15) is 44.5 Å². The first-order valence-corrected chi connectivity index (χ1v) is 12.8. The fourth-order valence-corrected chi connectivity index (χ4v) is 4.81. The Hall–Kier alpha value is -2.90. The number of aromatic hydroxyl groups is 1. The summed E-state index contributed by atoms with van der Waals surface area (Å²) < 4.78 is 16.1. The van der Waals surface area contributed by atoms with Crippen molar-refractivity contribution >= 4 is 5.82 Å². The second-order valence-corrected chi connectivity index (χ2v) is 9.52. The molecular formula is C28H38FN5O. The van der Waals surface area contributed by atoms with Gasteiger partial charge in [0.05, 0.1) is 11.4 Å². The molecule has 1 aliphatic rings. The number of para-hydroxylation sites is 2. The summed E-state index contributed by atoms with van der Waals surface area (Å²) in [4.78, 5) is 7.23. The minimum absolute atomic E-state index is 0.201. The Labute approximate surface area is 208 Å². The Balaban J connectivity index is 1.74. The van der Waals surface area contributed by atoms with Gasteiger partial charge in [0.25, 0.3) is 0 Å². The normalized spacial score (nSPS) is 14.9. The summed E-state index contributed by atoms with van der Waals surface area (Å²) in [5.41, 5.74) is 3.95. The first kappa shape index (κ1) is 25.2. The number of phenols is 1. The number of benzene rings is 2. The van der Waals surface area contributed by atoms with E-state index in [0.29, 0.717) is 18.7 Å². The van der Waals surface area contributed by atoms with E-state index < -0.39 is 5.82 Å². The van der Waals surface area contributed by atoms with Crippen LogP contribution in [0.3, 0.4) is 0 Å². The molecule has 0 bridgehead atoms. The lowest BCUT2D eigenvalue weighted by molar-refractivity contribution is 0.200. The molecule has 6 nitrogen and oxygen atoms in total. The van der Waals surface area contributed by atoms with Gasteiger partial charge in [-0.25, -0.2) is 9.07 Å². The molecule has 4 rings (SSSR count). The van der Waals surface area contributed by atoms with Crippen LogP contribution >= 0.6 is 0 Å². The van der Waals surface area contributed by atoms with E-state index in [0.717, 1.165) is 56.3 Å². The van der Waals surface area contributed by atoms with Crippen LogP contribution in [0, 0.1) is 5.82 Å². The van der Waals surface area contributed by atoms with Crippen molar-refractivity contribution in [2.75, 3.05) is 37.6 Å². The Kier molecular flexibility index (Phi) is 8.08. The highest BCUT2D eigenvalue weighted by Crippen LogP contribution is 2.32. The van der Waals surface area contributed by atoms with E-state index in [1.807, 2.05) is 18.2 Å². The zero-order valence-corrected chi connectivity index (χ0v) is 21.4. The third kappa shape index (κ3) is 5.52. The summed E-state index contributed by atoms with van der Waals surface area (Å²) in [5, 5.41) is 15.4. The third-order valence-electron chi connectivity index (χ3n) is 7.03. The fourth-order valence-electron chi connectivity index (χ4n) is 4.81. The summed E-state index contributed by atoms with van der Waals surface area (Å²) in [6, 6.07) is 15.3. The predicted octanol–water partition coefficient (Wildman–Crippen LogP) is 4.83. The van der Waals surface area contributed by atoms with Gasteiger partial charge in [0.2, 0.25) is 0 Å². The van der Waals surface area contributed by atoms with Crippen LogP contribution in [0.5, 0.6) is 5.75 Å². The molecule has 0 amide bonds. The number of hydrogen-bond acceptors (Lipinski definition) is 5. The average Bonchev–Trinajstić information content (AvgIpc) is 3.25. The van der Waals surface area contributed by atoms with Gasteiger partial charge >= 0.3 is 0 Å². The molecule has 7 heteroatoms. The molecule has 0 spiro atoms. The van der Waals surface area contributed by atoms with E-state index >= 15 is 0 Å². The van der Waals surface area contributed by atoms with Gasteiger partial charge in [0.1, 0.15) is 5.82 Å². The smallest absolute Gasteiger partial charge is 0.165 e. The minimum Gasteiger partial charge on any atom is -0.505 e. The van der Waals surface area contributed by atoms with Crippen LogP contribution in [0.4, 0.5) is 10.2 Å². The van der Waals surface area contributed by atoms with Gasteiger partial charge in [-0.3, -0.25) is 4.90 Å². The highest BCUT2D eigenvalue weighted by atomic mass is 19.1. The molecule has 1 fully saturated rings. The van der Waals surface area contributed by atoms with Gasteiger partial charge in [-0.2, -0.15) is 5.10 Å². The van der Waals surface area contributed by atoms with Gasteiger partial charge < -0.3 is 14.9 Å². The van der Waals surface area contributed by atoms with Crippen LogP contribution in [0.25, 0.3) is 5.69 Å². The lowest BCUT2D eigenvalue weighted by Gasteiger charge is -2.37. The Morgan fingerprint density at radius 1 is 0.971 bits per heavy atom. The maximum Gasteiger partial charge on any atom is 0.165 e. The maximum atomic E-state index is 14.0. The first-order chi connectivity index (χ1) is 16.9. The highest BCUT2D eigenvalue weighted by Gasteiger charge is 2.28. The van der Waals surface area contributed by atoms with Crippen LogP contribution in [0.2, 0.25) is 0 Å². The molecule has 1 saturated heterocycles. The molecule has 188 valence electrons. The molecule has 0 atom stereocenters. The van der Waals surface area contributed by atoms with Crippen molar-refractivity contribution < 1.29 is 9.50 Å². The van der Waals surface area contributed by atoms with E-state index in [4.69, 9.17) is 5.10 Å². The maximum absolute atomic E-state index is 14.0. The number of aryl methyl sites for hydroxylation is 1. The number of phenolic OH excluding ortho intramolecular Hbond substituents is 1. The number of likely N-dealkylation sites (N-methyl/N-ethyl adjacent to an activating group) is 1. The van der Waals surface area contributed by atoms with Gasteiger partial charge in [-0.05, 0) is 45.0 Å². The second kappa shape index (κ2) is 11.2. The molecule has 35 heavy (non-hydrogen) atoms. The van der Waals surface area contributed by atoms with Crippen LogP contribution in [-0.2, 0) is 19.5 Å². The molecule has 2 aromatic carbocycles. The SMILES string of the molecule is CCc1nn(-c2ccccc2)c(N2CCN(CC)CC2)c1CN(Cc1cccc(F)c1O)C(C)C. The topological polar surface area (TPSA) is 47.8 Å². The molecule has 0 radical (unpaired) electrons. The number of rotatable bonds is 9. The minimum atomic E-state index is -0.577. The largest absolute Gasteiger partial charge is 0.505 e. The predicted molar refractivity (Wildman–Crippen MR) is 140 cm³/mol. The van der Waals surface area contributed by atoms with Crippen molar-refractivity contribution in [2.45, 2.75) is 53.2 Å². The molecule has 0 saturated carbocycles. The molecule has 0 unspecified atom stereocenters. The van der Waals surface area contributed by atoms with E-state index in [-0.39, 0.29) is 11.8 Å². The van der Waals surface area contributed by atoms with Crippen molar-refractivity contribution in [1.29, 1.82) is 0 Å². The molecule has 3 aromatic rings. The third-order valence-corrected chi connectivity index (χ3v) is 7.03. The number of hydrogen-bond donors (Lipinski definition) is 1. The van der Waals surface area contributed by atoms with Crippen molar-refractivity contribution in [3.8, 4) is 11.4 Å². The van der Waals surface area contributed by atoms with Crippen molar-refractivity contribution in [2.24, 2.45) is 0 Å². The van der Waals surface area contributed by atoms with Crippen LogP contribution in [0.15, 0.2) is 48.5 Å². The second-order valence-electron chi connectivity index (χ2n) is 9.52. The first-order valence-electron chi connectivity index (χ1n) is 12.8. The van der Waals surface area contributed by atoms with E-state index in [1.54, 1.807) is 12.1 Å². The molecule has 2 heterocycles. The number of anilines is 1. The van der Waals surface area contributed by atoms with E-state index in [9.17, 15) is 9.50 Å². The standard InChI is InChI=1S/C28H38FN5O/c1-5-26-24(20-33(21(3)4)19-22-11-10-14-25(29)27(22)35)28(32-17-15-31(6-2)16-18-32)34(30-26)23-12-8-7-9-13-23/h7-14,21,35H,5-6,15-20H2,1-4H3. The lowest BCUT2D eigenvalue weighted by atomic mass is 10.1. The molecule has 1 aliphatic heterocycles. The summed E-state index contributed by atoms with van der Waals surface area (Å²) in [6.07, 6.45) is 0.828. The number of piperazine rings is 1. The zero-order valence-electron chi connectivity index (χ0n) is 21.4. The van der Waals surface area contributed by atoms with E-state index in [2.05, 4.69) is 59.2 Å². The highest BCUT2D eigenvalue weighted by molar-refractivity contribution is 5.56. The summed E-state index contributed by atoms with van der Waals surface area (Å²) in [7, 11) is 0. The van der Waals surface area contributed by atoms with Crippen LogP contribution in [-0.4, -0.2) is 63.5 Å². The average molecular weight is 480 g/mol. The lowest BCUT2D eigenvalue weighted by Crippen LogP contribution is -2.47. The molecular weight excluding hydrogens is 441 g/mol. The molecule has 0 aliphatic carbocycles. The fraction of sp³-hybridized carbons (Fsp3) is 0.464. The van der Waals surface area contributed by atoms with Crippen molar-refractivity contribution in [1.82, 2.24) is 19.6 Å². The van der Waals surface area contributed by atoms with Gasteiger partial charge in [0, 0.05) is 56.4 Å². The number of nitrogens with zero attached hydrogens (tertiary/aromatic N) is 5. The number of halogens is 1. The van der Waals surface area contributed by atoms with Gasteiger partial charge in [-0.15, -0.1) is 0 Å². The van der Waals surface area contributed by atoms with E-state index in [1.165, 1.54) is 11.6 Å². The molecule has 1 N–H and O–H groups in total. The van der Waals surface area contributed by atoms with Crippen LogP contribution < -0.4 is 4.90 Å². The van der Waals surface area contributed by atoms with Crippen molar-refractivity contribution in [3.63, 3.8) is 0 Å². The quantitative estimate of drug-likeness (QED) is 0.476. The summed E-state index contributed by atoms with van der Waals surface area (Å²) in [6.45, 7) is 14.8. The Bertz CT molecular complexity index is 1110. The van der Waals surface area contributed by atoms with Crippen molar-refractivity contribution in [3.05, 3.63) is 71.2 Å². The zero-order chi connectivity index (χ0) is 24.9. The molecule has 1 aromatic heterocycles. The Morgan fingerprint density at radius 3 is 2.31 bits per heavy atom. The monoisotopic (exact) mass is 479 g/mol. The van der Waals surface area contributed by atoms with Gasteiger partial charge in [-0.1, -0.05) is 44.2 Å². The Morgan fingerprint density at radius 2 is 1.69 bits per heavy atom.